The monoisotopic (exact) mass is 370 g/mol. The van der Waals surface area contributed by atoms with Gasteiger partial charge in [-0.3, -0.25) is 14.4 Å². The number of hydrogen-bond acceptors (Lipinski definition) is 4. The van der Waals surface area contributed by atoms with E-state index in [-0.39, 0.29) is 11.3 Å². The third kappa shape index (κ3) is 5.40. The molecule has 2 aromatic carbocycles. The summed E-state index contributed by atoms with van der Waals surface area (Å²) in [5.41, 5.74) is 1.59. The maximum absolute atomic E-state index is 12.4. The molecule has 0 saturated carbocycles. The Bertz CT molecular complexity index is 876. The first kappa shape index (κ1) is 19.6. The summed E-state index contributed by atoms with van der Waals surface area (Å²) in [6.45, 7) is 1.89. The molecule has 0 heterocycles. The summed E-state index contributed by atoms with van der Waals surface area (Å²) in [4.78, 5) is 46.7. The van der Waals surface area contributed by atoms with Gasteiger partial charge in [-0.1, -0.05) is 29.8 Å². The molecule has 2 rings (SSSR count). The van der Waals surface area contributed by atoms with Crippen LogP contribution in [0.1, 0.15) is 32.7 Å². The van der Waals surface area contributed by atoms with Gasteiger partial charge in [0, 0.05) is 5.56 Å². The predicted molar refractivity (Wildman–Crippen MR) is 96.7 cm³/mol. The Morgan fingerprint density at radius 1 is 0.926 bits per heavy atom. The van der Waals surface area contributed by atoms with Crippen molar-refractivity contribution in [1.82, 2.24) is 5.32 Å². The average molecular weight is 370 g/mol. The highest BCUT2D eigenvalue weighted by Gasteiger charge is 2.24. The quantitative estimate of drug-likeness (QED) is 0.588. The summed E-state index contributed by atoms with van der Waals surface area (Å²) in [5.74, 6) is -4.06. The first-order valence-electron chi connectivity index (χ1n) is 8.00. The summed E-state index contributed by atoms with van der Waals surface area (Å²) < 4.78 is 0. The number of hydrogen-bond donors (Lipinski definition) is 4. The molecule has 4 N–H and O–H groups in total. The Morgan fingerprint density at radius 2 is 1.56 bits per heavy atom. The average Bonchev–Trinajstić information content (AvgIpc) is 2.61. The first-order chi connectivity index (χ1) is 12.8. The van der Waals surface area contributed by atoms with Crippen molar-refractivity contribution in [3.8, 4) is 0 Å². The molecule has 8 nitrogen and oxygen atoms in total. The fraction of sp³-hybridized carbons (Fsp3) is 0.158. The number of rotatable bonds is 7. The van der Waals surface area contributed by atoms with Crippen molar-refractivity contribution < 1.29 is 29.4 Å². The number of carbonyl (C=O) groups excluding carboxylic acids is 2. The Hall–Kier alpha value is -3.68. The van der Waals surface area contributed by atoms with Crippen LogP contribution >= 0.6 is 0 Å². The molecule has 8 heteroatoms. The highest BCUT2D eigenvalue weighted by atomic mass is 16.4. The van der Waals surface area contributed by atoms with Crippen LogP contribution in [-0.4, -0.2) is 40.0 Å². The lowest BCUT2D eigenvalue weighted by Crippen LogP contribution is -2.42. The van der Waals surface area contributed by atoms with Crippen LogP contribution < -0.4 is 10.6 Å². The van der Waals surface area contributed by atoms with E-state index in [9.17, 15) is 19.2 Å². The fourth-order valence-corrected chi connectivity index (χ4v) is 2.30. The van der Waals surface area contributed by atoms with Crippen LogP contribution in [0.2, 0.25) is 0 Å². The number of carboxylic acids is 2. The summed E-state index contributed by atoms with van der Waals surface area (Å²) in [5, 5.41) is 22.6. The molecular formula is C19H18N2O6. The first-order valence-corrected chi connectivity index (χ1v) is 8.00. The van der Waals surface area contributed by atoms with Gasteiger partial charge in [-0.2, -0.15) is 0 Å². The zero-order valence-corrected chi connectivity index (χ0v) is 14.4. The number of anilines is 1. The molecule has 1 atom stereocenters. The second-order valence-electron chi connectivity index (χ2n) is 5.83. The van der Waals surface area contributed by atoms with Crippen molar-refractivity contribution in [2.75, 3.05) is 5.32 Å². The van der Waals surface area contributed by atoms with Gasteiger partial charge in [0.25, 0.3) is 11.8 Å². The van der Waals surface area contributed by atoms with Gasteiger partial charge < -0.3 is 20.8 Å². The van der Waals surface area contributed by atoms with E-state index in [1.807, 2.05) is 6.92 Å². The van der Waals surface area contributed by atoms with Crippen LogP contribution in [0.25, 0.3) is 0 Å². The SMILES string of the molecule is Cc1ccc(C(=O)Nc2ccccc2C(=O)N[C@H](CC(=O)O)C(=O)O)cc1. The molecule has 0 bridgehead atoms. The van der Waals surface area contributed by atoms with Gasteiger partial charge in [0.2, 0.25) is 0 Å². The smallest absolute Gasteiger partial charge is 0.326 e. The van der Waals surface area contributed by atoms with Gasteiger partial charge in [-0.05, 0) is 31.2 Å². The van der Waals surface area contributed by atoms with Gasteiger partial charge in [-0.25, -0.2) is 4.79 Å². The predicted octanol–water partition coefficient (Wildman–Crippen LogP) is 1.91. The Morgan fingerprint density at radius 3 is 2.15 bits per heavy atom. The van der Waals surface area contributed by atoms with E-state index in [2.05, 4.69) is 10.6 Å². The normalized spacial score (nSPS) is 11.3. The third-order valence-electron chi connectivity index (χ3n) is 3.72. The van der Waals surface area contributed by atoms with Crippen LogP contribution in [0, 0.1) is 6.92 Å². The molecule has 0 saturated heterocycles. The number of aryl methyl sites for hydroxylation is 1. The number of carbonyl (C=O) groups is 4. The standard InChI is InChI=1S/C19H18N2O6/c1-11-6-8-12(9-7-11)17(24)20-14-5-3-2-4-13(14)18(25)21-15(19(26)27)10-16(22)23/h2-9,15H,10H2,1H3,(H,20,24)(H,21,25)(H,22,23)(H,26,27)/t15-/m1/s1. The van der Waals surface area contributed by atoms with Crippen molar-refractivity contribution in [1.29, 1.82) is 0 Å². The fourth-order valence-electron chi connectivity index (χ4n) is 2.30. The molecule has 0 aliphatic carbocycles. The van der Waals surface area contributed by atoms with E-state index >= 15 is 0 Å². The zero-order chi connectivity index (χ0) is 20.0. The number of nitrogens with one attached hydrogen (secondary N) is 2. The van der Waals surface area contributed by atoms with Gasteiger partial charge in [0.1, 0.15) is 6.04 Å². The molecule has 0 fully saturated rings. The van der Waals surface area contributed by atoms with E-state index in [4.69, 9.17) is 10.2 Å². The van der Waals surface area contributed by atoms with E-state index in [1.165, 1.54) is 12.1 Å². The topological polar surface area (TPSA) is 133 Å². The van der Waals surface area contributed by atoms with Gasteiger partial charge in [0.05, 0.1) is 17.7 Å². The van der Waals surface area contributed by atoms with Crippen molar-refractivity contribution in [3.05, 3.63) is 65.2 Å². The number of aliphatic carboxylic acids is 2. The molecule has 0 aliphatic heterocycles. The van der Waals surface area contributed by atoms with Crippen molar-refractivity contribution in [2.45, 2.75) is 19.4 Å². The summed E-state index contributed by atoms with van der Waals surface area (Å²) in [7, 11) is 0. The highest BCUT2D eigenvalue weighted by molar-refractivity contribution is 6.09. The second-order valence-corrected chi connectivity index (χ2v) is 5.83. The number of carboxylic acid groups (broad SMARTS) is 2. The lowest BCUT2D eigenvalue weighted by atomic mass is 10.1. The van der Waals surface area contributed by atoms with E-state index < -0.39 is 36.2 Å². The summed E-state index contributed by atoms with van der Waals surface area (Å²) >= 11 is 0. The van der Waals surface area contributed by atoms with E-state index in [0.717, 1.165) is 5.56 Å². The van der Waals surface area contributed by atoms with Crippen molar-refractivity contribution in [2.24, 2.45) is 0 Å². The minimum atomic E-state index is -1.59. The number of benzene rings is 2. The lowest BCUT2D eigenvalue weighted by Gasteiger charge is -2.15. The molecule has 2 amide bonds. The van der Waals surface area contributed by atoms with Crippen LogP contribution in [0.4, 0.5) is 5.69 Å². The van der Waals surface area contributed by atoms with E-state index in [0.29, 0.717) is 5.56 Å². The molecule has 0 unspecified atom stereocenters. The highest BCUT2D eigenvalue weighted by Crippen LogP contribution is 2.17. The van der Waals surface area contributed by atoms with Crippen molar-refractivity contribution in [3.63, 3.8) is 0 Å². The molecule has 0 aromatic heterocycles. The minimum Gasteiger partial charge on any atom is -0.481 e. The van der Waals surface area contributed by atoms with Gasteiger partial charge in [0.15, 0.2) is 0 Å². The maximum Gasteiger partial charge on any atom is 0.326 e. The summed E-state index contributed by atoms with van der Waals surface area (Å²) in [6, 6.07) is 11.3. The molecule has 0 aliphatic rings. The van der Waals surface area contributed by atoms with Crippen LogP contribution in [0.15, 0.2) is 48.5 Å². The van der Waals surface area contributed by atoms with Gasteiger partial charge >= 0.3 is 11.9 Å². The molecule has 27 heavy (non-hydrogen) atoms. The third-order valence-corrected chi connectivity index (χ3v) is 3.72. The Balaban J connectivity index is 2.20. The molecular weight excluding hydrogens is 352 g/mol. The zero-order valence-electron chi connectivity index (χ0n) is 14.4. The van der Waals surface area contributed by atoms with Crippen LogP contribution in [0.3, 0.4) is 0 Å². The van der Waals surface area contributed by atoms with Crippen LogP contribution in [-0.2, 0) is 9.59 Å². The Labute approximate surface area is 154 Å². The molecule has 0 radical (unpaired) electrons. The van der Waals surface area contributed by atoms with Crippen LogP contribution in [0.5, 0.6) is 0 Å². The van der Waals surface area contributed by atoms with Gasteiger partial charge in [-0.15, -0.1) is 0 Å². The lowest BCUT2D eigenvalue weighted by molar-refractivity contribution is -0.145. The largest absolute Gasteiger partial charge is 0.481 e. The molecule has 0 spiro atoms. The molecule has 140 valence electrons. The summed E-state index contributed by atoms with van der Waals surface area (Å²) in [6.07, 6.45) is -0.765. The second kappa shape index (κ2) is 8.61. The van der Waals surface area contributed by atoms with E-state index in [1.54, 1.807) is 36.4 Å². The minimum absolute atomic E-state index is 0.0228. The number of para-hydroxylation sites is 1. The van der Waals surface area contributed by atoms with Crippen molar-refractivity contribution >= 4 is 29.4 Å². The molecule has 2 aromatic rings. The number of amides is 2. The maximum atomic E-state index is 12.4. The Kier molecular flexibility index (Phi) is 6.27.